The Bertz CT molecular complexity index is 206. The molecule has 1 radical (unpaired) electrons. The number of amides is 1. The highest BCUT2D eigenvalue weighted by atomic mass is 16.2. The number of piperidine rings is 1. The van der Waals surface area contributed by atoms with Crippen molar-refractivity contribution in [2.45, 2.75) is 26.2 Å². The van der Waals surface area contributed by atoms with Crippen LogP contribution in [0.5, 0.6) is 0 Å². The van der Waals surface area contributed by atoms with Gasteiger partial charge in [-0.2, -0.15) is 0 Å². The van der Waals surface area contributed by atoms with E-state index in [1.807, 2.05) is 11.9 Å². The predicted molar refractivity (Wildman–Crippen MR) is 62.4 cm³/mol. The molecule has 0 N–H and O–H groups in total. The molecule has 0 spiro atoms. The lowest BCUT2D eigenvalue weighted by Gasteiger charge is -2.32. The van der Waals surface area contributed by atoms with Crippen LogP contribution in [0.25, 0.3) is 0 Å². The summed E-state index contributed by atoms with van der Waals surface area (Å²) in [5.74, 6) is 0.919. The summed E-state index contributed by atoms with van der Waals surface area (Å²) in [7, 11) is 1.88. The van der Waals surface area contributed by atoms with Crippen LogP contribution < -0.4 is 0 Å². The molecular weight excluding hydrogens is 188 g/mol. The Morgan fingerprint density at radius 1 is 1.60 bits per heavy atom. The van der Waals surface area contributed by atoms with Gasteiger partial charge in [0.15, 0.2) is 0 Å². The molecule has 0 bridgehead atoms. The van der Waals surface area contributed by atoms with E-state index in [-0.39, 0.29) is 5.91 Å². The van der Waals surface area contributed by atoms with Gasteiger partial charge in [0.05, 0.1) is 0 Å². The molecule has 1 rings (SSSR count). The van der Waals surface area contributed by atoms with E-state index in [0.29, 0.717) is 0 Å². The van der Waals surface area contributed by atoms with Crippen molar-refractivity contribution >= 4 is 5.91 Å². The quantitative estimate of drug-likeness (QED) is 0.702. The Labute approximate surface area is 93.4 Å². The minimum atomic E-state index is 0.167. The molecule has 0 aromatic carbocycles. The van der Waals surface area contributed by atoms with Crippen molar-refractivity contribution in [3.63, 3.8) is 0 Å². The summed E-state index contributed by atoms with van der Waals surface area (Å²) in [4.78, 5) is 15.3. The van der Waals surface area contributed by atoms with E-state index in [1.54, 1.807) is 6.92 Å². The van der Waals surface area contributed by atoms with Crippen molar-refractivity contribution in [3.8, 4) is 0 Å². The molecule has 0 unspecified atom stereocenters. The average Bonchev–Trinajstić information content (AvgIpc) is 2.26. The SMILES string of the molecule is [CH2]CN1CCC[C@@H](CCN(C)C(C)=O)C1. The maximum absolute atomic E-state index is 11.0. The van der Waals surface area contributed by atoms with Crippen LogP contribution in [0.4, 0.5) is 0 Å². The molecule has 1 saturated heterocycles. The van der Waals surface area contributed by atoms with Gasteiger partial charge in [0.25, 0.3) is 0 Å². The lowest BCUT2D eigenvalue weighted by molar-refractivity contribution is -0.127. The Kier molecular flexibility index (Phi) is 5.09. The molecule has 0 saturated carbocycles. The second-order valence-electron chi connectivity index (χ2n) is 4.54. The Balaban J connectivity index is 2.23. The van der Waals surface area contributed by atoms with Gasteiger partial charge in [-0.25, -0.2) is 0 Å². The zero-order valence-corrected chi connectivity index (χ0v) is 10.0. The number of hydrogen-bond donors (Lipinski definition) is 0. The van der Waals surface area contributed by atoms with Crippen LogP contribution in [-0.4, -0.2) is 48.9 Å². The van der Waals surface area contributed by atoms with Crippen LogP contribution in [0.2, 0.25) is 0 Å². The Morgan fingerprint density at radius 2 is 2.33 bits per heavy atom. The number of carbonyl (C=O) groups excluding carboxylic acids is 1. The normalized spacial score (nSPS) is 22.7. The largest absolute Gasteiger partial charge is 0.346 e. The fraction of sp³-hybridized carbons (Fsp3) is 0.833. The van der Waals surface area contributed by atoms with E-state index in [1.165, 1.54) is 19.4 Å². The van der Waals surface area contributed by atoms with Crippen molar-refractivity contribution in [2.75, 3.05) is 33.2 Å². The topological polar surface area (TPSA) is 23.6 Å². The molecular formula is C12H23N2O. The van der Waals surface area contributed by atoms with Crippen LogP contribution in [0.3, 0.4) is 0 Å². The first-order chi connectivity index (χ1) is 7.13. The maximum atomic E-state index is 11.0. The smallest absolute Gasteiger partial charge is 0.219 e. The summed E-state index contributed by atoms with van der Waals surface area (Å²) in [6.45, 7) is 9.73. The average molecular weight is 211 g/mol. The summed E-state index contributed by atoms with van der Waals surface area (Å²) < 4.78 is 0. The van der Waals surface area contributed by atoms with Gasteiger partial charge in [0, 0.05) is 27.1 Å². The lowest BCUT2D eigenvalue weighted by Crippen LogP contribution is -2.37. The van der Waals surface area contributed by atoms with Gasteiger partial charge in [-0.3, -0.25) is 4.79 Å². The molecule has 1 amide bonds. The number of carbonyl (C=O) groups is 1. The molecule has 15 heavy (non-hydrogen) atoms. The van der Waals surface area contributed by atoms with Crippen molar-refractivity contribution in [1.82, 2.24) is 9.80 Å². The minimum absolute atomic E-state index is 0.167. The van der Waals surface area contributed by atoms with Gasteiger partial charge >= 0.3 is 0 Å². The highest BCUT2D eigenvalue weighted by Crippen LogP contribution is 2.19. The van der Waals surface area contributed by atoms with Gasteiger partial charge in [0.1, 0.15) is 0 Å². The third kappa shape index (κ3) is 4.20. The van der Waals surface area contributed by atoms with Gasteiger partial charge in [-0.1, -0.05) is 0 Å². The summed E-state index contributed by atoms with van der Waals surface area (Å²) >= 11 is 0. The van der Waals surface area contributed by atoms with E-state index < -0.39 is 0 Å². The zero-order chi connectivity index (χ0) is 11.3. The first-order valence-corrected chi connectivity index (χ1v) is 5.86. The van der Waals surface area contributed by atoms with E-state index >= 15 is 0 Å². The number of hydrogen-bond acceptors (Lipinski definition) is 2. The molecule has 1 aliphatic rings. The lowest BCUT2D eigenvalue weighted by atomic mass is 9.94. The van der Waals surface area contributed by atoms with Crippen molar-refractivity contribution in [2.24, 2.45) is 5.92 Å². The molecule has 0 aromatic rings. The highest BCUT2D eigenvalue weighted by Gasteiger charge is 2.18. The van der Waals surface area contributed by atoms with E-state index in [2.05, 4.69) is 11.8 Å². The van der Waals surface area contributed by atoms with Crippen LogP contribution in [-0.2, 0) is 4.79 Å². The first-order valence-electron chi connectivity index (χ1n) is 5.86. The molecule has 1 atom stereocenters. The van der Waals surface area contributed by atoms with E-state index in [4.69, 9.17) is 0 Å². The second kappa shape index (κ2) is 6.11. The molecule has 0 aromatic heterocycles. The van der Waals surface area contributed by atoms with Crippen molar-refractivity contribution in [3.05, 3.63) is 6.92 Å². The standard InChI is InChI=1S/C12H23N2O/c1-4-14-8-5-6-12(10-14)7-9-13(3)11(2)15/h12H,1,4-10H2,2-3H3/t12-/m0/s1. The van der Waals surface area contributed by atoms with E-state index in [0.717, 1.165) is 32.0 Å². The number of likely N-dealkylation sites (tertiary alicyclic amines) is 1. The van der Waals surface area contributed by atoms with Crippen LogP contribution in [0.15, 0.2) is 0 Å². The molecule has 0 aliphatic carbocycles. The number of nitrogens with zero attached hydrogens (tertiary/aromatic N) is 2. The zero-order valence-electron chi connectivity index (χ0n) is 10.0. The maximum Gasteiger partial charge on any atom is 0.219 e. The molecule has 3 nitrogen and oxygen atoms in total. The Hall–Kier alpha value is -0.570. The summed E-state index contributed by atoms with van der Waals surface area (Å²) in [6, 6.07) is 0. The third-order valence-corrected chi connectivity index (χ3v) is 3.33. The first kappa shape index (κ1) is 12.5. The molecule has 1 fully saturated rings. The third-order valence-electron chi connectivity index (χ3n) is 3.33. The molecule has 1 heterocycles. The van der Waals surface area contributed by atoms with Crippen molar-refractivity contribution < 1.29 is 4.79 Å². The van der Waals surface area contributed by atoms with E-state index in [9.17, 15) is 4.79 Å². The number of rotatable bonds is 4. The van der Waals surface area contributed by atoms with Crippen molar-refractivity contribution in [1.29, 1.82) is 0 Å². The van der Waals surface area contributed by atoms with Gasteiger partial charge in [-0.15, -0.1) is 0 Å². The highest BCUT2D eigenvalue weighted by molar-refractivity contribution is 5.72. The summed E-state index contributed by atoms with van der Waals surface area (Å²) in [6.07, 6.45) is 3.72. The molecule has 1 aliphatic heterocycles. The van der Waals surface area contributed by atoms with Gasteiger partial charge < -0.3 is 9.80 Å². The summed E-state index contributed by atoms with van der Waals surface area (Å²) in [5.41, 5.74) is 0. The molecule has 87 valence electrons. The summed E-state index contributed by atoms with van der Waals surface area (Å²) in [5, 5.41) is 0. The van der Waals surface area contributed by atoms with Gasteiger partial charge in [-0.05, 0) is 45.2 Å². The second-order valence-corrected chi connectivity index (χ2v) is 4.54. The fourth-order valence-electron chi connectivity index (χ4n) is 2.12. The molecule has 3 heteroatoms. The van der Waals surface area contributed by atoms with Crippen LogP contribution in [0, 0.1) is 12.8 Å². The van der Waals surface area contributed by atoms with Gasteiger partial charge in [0.2, 0.25) is 5.91 Å². The minimum Gasteiger partial charge on any atom is -0.346 e. The van der Waals surface area contributed by atoms with Crippen LogP contribution >= 0.6 is 0 Å². The van der Waals surface area contributed by atoms with Crippen LogP contribution in [0.1, 0.15) is 26.2 Å². The fourth-order valence-corrected chi connectivity index (χ4v) is 2.12. The predicted octanol–water partition coefficient (Wildman–Crippen LogP) is 1.40. The monoisotopic (exact) mass is 211 g/mol. The Morgan fingerprint density at radius 3 is 2.93 bits per heavy atom.